The van der Waals surface area contributed by atoms with Crippen LogP contribution in [0.5, 0.6) is 0 Å². The number of benzene rings is 1. The molecule has 6 nitrogen and oxygen atoms in total. The van der Waals surface area contributed by atoms with Crippen molar-refractivity contribution in [1.29, 1.82) is 0 Å². The van der Waals surface area contributed by atoms with Crippen molar-refractivity contribution < 1.29 is 9.59 Å². The maximum atomic E-state index is 11.9. The minimum absolute atomic E-state index is 0.00522. The van der Waals surface area contributed by atoms with Crippen molar-refractivity contribution in [1.82, 2.24) is 15.0 Å². The van der Waals surface area contributed by atoms with E-state index < -0.39 is 0 Å². The van der Waals surface area contributed by atoms with Gasteiger partial charge in [0.1, 0.15) is 6.54 Å². The van der Waals surface area contributed by atoms with Gasteiger partial charge in [0.05, 0.1) is 5.69 Å². The summed E-state index contributed by atoms with van der Waals surface area (Å²) in [4.78, 5) is 23.1. The molecule has 0 bridgehead atoms. The number of aromatic nitrogens is 3. The first-order valence-electron chi connectivity index (χ1n) is 5.94. The predicted molar refractivity (Wildman–Crippen MR) is 74.8 cm³/mol. The van der Waals surface area contributed by atoms with Crippen LogP contribution in [0.15, 0.2) is 24.3 Å². The van der Waals surface area contributed by atoms with Crippen LogP contribution >= 0.6 is 11.6 Å². The number of amides is 1. The fourth-order valence-electron chi connectivity index (χ4n) is 1.71. The van der Waals surface area contributed by atoms with Crippen LogP contribution in [0.2, 0.25) is 5.02 Å². The molecule has 1 N–H and O–H groups in total. The van der Waals surface area contributed by atoms with Crippen molar-refractivity contribution in [2.24, 2.45) is 0 Å². The molecule has 0 radical (unpaired) electrons. The fraction of sp³-hybridized carbons (Fsp3) is 0.231. The van der Waals surface area contributed by atoms with Crippen LogP contribution in [0, 0.1) is 6.92 Å². The number of halogens is 1. The van der Waals surface area contributed by atoms with E-state index in [4.69, 9.17) is 11.6 Å². The Morgan fingerprint density at radius 1 is 1.30 bits per heavy atom. The molecule has 0 atom stereocenters. The Hall–Kier alpha value is -2.21. The minimum atomic E-state index is -0.254. The second-order valence-electron chi connectivity index (χ2n) is 4.29. The molecule has 0 aliphatic heterocycles. The van der Waals surface area contributed by atoms with Crippen LogP contribution in [0.3, 0.4) is 0 Å². The molecule has 0 unspecified atom stereocenters. The Kier molecular flexibility index (Phi) is 4.14. The van der Waals surface area contributed by atoms with Gasteiger partial charge in [-0.15, -0.1) is 5.10 Å². The molecule has 104 valence electrons. The Morgan fingerprint density at radius 3 is 2.50 bits per heavy atom. The van der Waals surface area contributed by atoms with Crippen molar-refractivity contribution >= 4 is 29.0 Å². The number of Topliss-reactive ketones (excluding diaryl/α,β-unsaturated/α-hetero) is 1. The summed E-state index contributed by atoms with van der Waals surface area (Å²) < 4.78 is 1.39. The van der Waals surface area contributed by atoms with Crippen LogP contribution in [0.25, 0.3) is 0 Å². The second-order valence-corrected chi connectivity index (χ2v) is 4.73. The van der Waals surface area contributed by atoms with Gasteiger partial charge in [0, 0.05) is 17.6 Å². The summed E-state index contributed by atoms with van der Waals surface area (Å²) in [7, 11) is 0. The van der Waals surface area contributed by atoms with Crippen molar-refractivity contribution in [3.63, 3.8) is 0 Å². The van der Waals surface area contributed by atoms with Gasteiger partial charge in [-0.05, 0) is 31.2 Å². The average Bonchev–Trinajstić information content (AvgIpc) is 2.74. The van der Waals surface area contributed by atoms with Gasteiger partial charge in [0.25, 0.3) is 0 Å². The third kappa shape index (κ3) is 3.21. The molecule has 0 spiro atoms. The lowest BCUT2D eigenvalue weighted by Crippen LogP contribution is -2.20. The predicted octanol–water partition coefficient (Wildman–Crippen LogP) is 2.08. The molecule has 1 heterocycles. The molecule has 2 aromatic rings. The molecule has 0 saturated carbocycles. The highest BCUT2D eigenvalue weighted by atomic mass is 35.5. The maximum absolute atomic E-state index is 11.9. The number of carbonyl (C=O) groups excluding carboxylic acids is 2. The first kappa shape index (κ1) is 14.2. The first-order chi connectivity index (χ1) is 9.47. The summed E-state index contributed by atoms with van der Waals surface area (Å²) in [5.74, 6) is -0.428. The van der Waals surface area contributed by atoms with E-state index in [1.54, 1.807) is 31.2 Å². The van der Waals surface area contributed by atoms with E-state index in [-0.39, 0.29) is 23.9 Å². The third-order valence-electron chi connectivity index (χ3n) is 2.74. The zero-order valence-electron chi connectivity index (χ0n) is 11.1. The largest absolute Gasteiger partial charge is 0.324 e. The van der Waals surface area contributed by atoms with Gasteiger partial charge in [-0.1, -0.05) is 16.8 Å². The number of anilines is 1. The fourth-order valence-corrected chi connectivity index (χ4v) is 1.83. The lowest BCUT2D eigenvalue weighted by Gasteiger charge is -2.06. The quantitative estimate of drug-likeness (QED) is 0.875. The number of ketones is 1. The Labute approximate surface area is 120 Å². The molecule has 0 saturated heterocycles. The number of hydrogen-bond donors (Lipinski definition) is 1. The van der Waals surface area contributed by atoms with Crippen LogP contribution in [0.1, 0.15) is 23.1 Å². The molecule has 1 aromatic heterocycles. The molecule has 20 heavy (non-hydrogen) atoms. The molecule has 0 fully saturated rings. The lowest BCUT2D eigenvalue weighted by molar-refractivity contribution is -0.117. The minimum Gasteiger partial charge on any atom is -0.324 e. The van der Waals surface area contributed by atoms with Crippen LogP contribution in [0.4, 0.5) is 5.69 Å². The van der Waals surface area contributed by atoms with E-state index in [1.165, 1.54) is 11.6 Å². The molecular weight excluding hydrogens is 280 g/mol. The van der Waals surface area contributed by atoms with Crippen LogP contribution in [-0.4, -0.2) is 26.7 Å². The number of nitrogens with one attached hydrogen (secondary N) is 1. The van der Waals surface area contributed by atoms with E-state index in [9.17, 15) is 9.59 Å². The van der Waals surface area contributed by atoms with Gasteiger partial charge < -0.3 is 5.32 Å². The van der Waals surface area contributed by atoms with Crippen molar-refractivity contribution in [2.75, 3.05) is 5.32 Å². The van der Waals surface area contributed by atoms with Crippen molar-refractivity contribution in [3.05, 3.63) is 40.7 Å². The number of hydrogen-bond acceptors (Lipinski definition) is 4. The lowest BCUT2D eigenvalue weighted by atomic mass is 10.2. The molecular formula is C13H13ClN4O2. The van der Waals surface area contributed by atoms with E-state index in [0.29, 0.717) is 16.4 Å². The summed E-state index contributed by atoms with van der Waals surface area (Å²) >= 11 is 5.76. The SMILES string of the molecule is CC(=O)c1nnn(CC(=O)Nc2ccc(Cl)cc2)c1C. The standard InChI is InChI=1S/C13H13ClN4O2/c1-8-13(9(2)19)16-17-18(8)7-12(20)15-11-5-3-10(14)4-6-11/h3-6H,7H2,1-2H3,(H,15,20). The topological polar surface area (TPSA) is 76.9 Å². The van der Waals surface area contributed by atoms with Crippen LogP contribution in [-0.2, 0) is 11.3 Å². The summed E-state index contributed by atoms with van der Waals surface area (Å²) in [6.07, 6.45) is 0. The molecule has 2 rings (SSSR count). The Balaban J connectivity index is 2.05. The first-order valence-corrected chi connectivity index (χ1v) is 6.31. The normalized spacial score (nSPS) is 10.3. The molecule has 0 aliphatic carbocycles. The summed E-state index contributed by atoms with van der Waals surface area (Å²) in [6.45, 7) is 3.11. The van der Waals surface area contributed by atoms with Gasteiger partial charge in [-0.25, -0.2) is 4.68 Å². The van der Waals surface area contributed by atoms with Gasteiger partial charge in [-0.3, -0.25) is 9.59 Å². The van der Waals surface area contributed by atoms with Gasteiger partial charge >= 0.3 is 0 Å². The highest BCUT2D eigenvalue weighted by molar-refractivity contribution is 6.30. The molecule has 1 aromatic carbocycles. The zero-order chi connectivity index (χ0) is 14.7. The Morgan fingerprint density at radius 2 is 1.95 bits per heavy atom. The smallest absolute Gasteiger partial charge is 0.246 e. The number of carbonyl (C=O) groups is 2. The number of rotatable bonds is 4. The summed E-state index contributed by atoms with van der Waals surface area (Å²) in [5, 5.41) is 10.9. The molecule has 7 heteroatoms. The van der Waals surface area contributed by atoms with Gasteiger partial charge in [-0.2, -0.15) is 0 Å². The van der Waals surface area contributed by atoms with E-state index in [2.05, 4.69) is 15.6 Å². The highest BCUT2D eigenvalue weighted by Gasteiger charge is 2.14. The maximum Gasteiger partial charge on any atom is 0.246 e. The summed E-state index contributed by atoms with van der Waals surface area (Å²) in [6, 6.07) is 6.78. The van der Waals surface area contributed by atoms with Gasteiger partial charge in [0.15, 0.2) is 11.5 Å². The average molecular weight is 293 g/mol. The van der Waals surface area contributed by atoms with Crippen LogP contribution < -0.4 is 5.32 Å². The van der Waals surface area contributed by atoms with E-state index >= 15 is 0 Å². The summed E-state index contributed by atoms with van der Waals surface area (Å²) in [5.41, 5.74) is 1.50. The van der Waals surface area contributed by atoms with Crippen molar-refractivity contribution in [2.45, 2.75) is 20.4 Å². The molecule has 0 aliphatic rings. The van der Waals surface area contributed by atoms with Gasteiger partial charge in [0.2, 0.25) is 5.91 Å². The monoisotopic (exact) mass is 292 g/mol. The van der Waals surface area contributed by atoms with E-state index in [1.807, 2.05) is 0 Å². The van der Waals surface area contributed by atoms with E-state index in [0.717, 1.165) is 0 Å². The third-order valence-corrected chi connectivity index (χ3v) is 2.99. The number of nitrogens with zero attached hydrogens (tertiary/aromatic N) is 3. The van der Waals surface area contributed by atoms with Crippen molar-refractivity contribution in [3.8, 4) is 0 Å². The zero-order valence-corrected chi connectivity index (χ0v) is 11.8. The Bertz CT molecular complexity index is 649. The molecule has 1 amide bonds. The highest BCUT2D eigenvalue weighted by Crippen LogP contribution is 2.13. The second kappa shape index (κ2) is 5.83.